The van der Waals surface area contributed by atoms with Gasteiger partial charge in [-0.1, -0.05) is 54.6 Å². The molecule has 1 atom stereocenters. The number of ether oxygens (including phenoxy) is 1. The zero-order valence-electron chi connectivity index (χ0n) is 17.6. The van der Waals surface area contributed by atoms with Gasteiger partial charge >= 0.3 is 5.97 Å². The van der Waals surface area contributed by atoms with Crippen molar-refractivity contribution in [3.8, 4) is 5.75 Å². The van der Waals surface area contributed by atoms with Gasteiger partial charge in [0.05, 0.1) is 30.1 Å². The summed E-state index contributed by atoms with van der Waals surface area (Å²) in [6.07, 6.45) is 0.737. The minimum atomic E-state index is -0.940. The maximum absolute atomic E-state index is 11.3. The predicted molar refractivity (Wildman–Crippen MR) is 127 cm³/mol. The van der Waals surface area contributed by atoms with Crippen LogP contribution in [0.15, 0.2) is 96.1 Å². The van der Waals surface area contributed by atoms with Crippen LogP contribution in [0.2, 0.25) is 0 Å². The average molecular weight is 422 g/mol. The van der Waals surface area contributed by atoms with E-state index in [4.69, 9.17) is 9.84 Å². The van der Waals surface area contributed by atoms with Gasteiger partial charge in [0.15, 0.2) is 0 Å². The zero-order valence-corrected chi connectivity index (χ0v) is 17.6. The van der Waals surface area contributed by atoms with E-state index in [9.17, 15) is 9.90 Å². The Bertz CT molecular complexity index is 1310. The lowest BCUT2D eigenvalue weighted by atomic mass is 9.95. The number of hydrogen-bond donors (Lipinski definition) is 1. The molecule has 158 valence electrons. The number of benzene rings is 4. The van der Waals surface area contributed by atoms with Crippen molar-refractivity contribution in [2.45, 2.75) is 12.5 Å². The lowest BCUT2D eigenvalue weighted by molar-refractivity contribution is 0.0697. The topological polar surface area (TPSA) is 62.1 Å². The number of carboxylic acids is 1. The number of aromatic carboxylic acids is 1. The van der Waals surface area contributed by atoms with Crippen molar-refractivity contribution in [1.29, 1.82) is 0 Å². The van der Waals surface area contributed by atoms with Crippen molar-refractivity contribution in [3.05, 3.63) is 108 Å². The second-order valence-electron chi connectivity index (χ2n) is 7.76. The van der Waals surface area contributed by atoms with Crippen LogP contribution in [-0.2, 0) is 0 Å². The molecule has 0 amide bonds. The van der Waals surface area contributed by atoms with Crippen LogP contribution in [0.3, 0.4) is 0 Å². The maximum Gasteiger partial charge on any atom is 0.335 e. The highest BCUT2D eigenvalue weighted by molar-refractivity contribution is 6.12. The van der Waals surface area contributed by atoms with E-state index in [1.165, 1.54) is 10.8 Å². The zero-order chi connectivity index (χ0) is 22.1. The smallest absolute Gasteiger partial charge is 0.335 e. The molecule has 0 saturated heterocycles. The van der Waals surface area contributed by atoms with Crippen molar-refractivity contribution >= 4 is 28.1 Å². The highest BCUT2D eigenvalue weighted by atomic mass is 16.5. The standard InChI is InChI=1S/C27H22N2O3/c1-32-22-15-11-19(12-16-22)26-17-25(24-8-4-6-18-5-2-3-7-23(18)24)28-29(26)21-13-9-20(10-14-21)27(30)31/h2-16,26H,17H2,1H3,(H,30,31). The molecule has 4 aromatic carbocycles. The summed E-state index contributed by atoms with van der Waals surface area (Å²) in [7, 11) is 1.66. The molecule has 0 saturated carbocycles. The van der Waals surface area contributed by atoms with Crippen molar-refractivity contribution in [2.75, 3.05) is 12.1 Å². The minimum absolute atomic E-state index is 0.00875. The van der Waals surface area contributed by atoms with Crippen LogP contribution >= 0.6 is 0 Å². The monoisotopic (exact) mass is 422 g/mol. The summed E-state index contributed by atoms with van der Waals surface area (Å²) in [5.74, 6) is -0.135. The number of hydrogen-bond acceptors (Lipinski definition) is 4. The van der Waals surface area contributed by atoms with Gasteiger partial charge in [-0.25, -0.2) is 4.79 Å². The molecule has 0 aromatic heterocycles. The molecule has 5 nitrogen and oxygen atoms in total. The van der Waals surface area contributed by atoms with Crippen LogP contribution in [0, 0.1) is 0 Å². The first-order valence-corrected chi connectivity index (χ1v) is 10.5. The number of hydrazone groups is 1. The molecule has 0 spiro atoms. The Labute approximate surface area is 186 Å². The fourth-order valence-electron chi connectivity index (χ4n) is 4.23. The van der Waals surface area contributed by atoms with Gasteiger partial charge in [-0.3, -0.25) is 5.01 Å². The summed E-state index contributed by atoms with van der Waals surface area (Å²) >= 11 is 0. The molecular weight excluding hydrogens is 400 g/mol. The third-order valence-corrected chi connectivity index (χ3v) is 5.89. The number of nitrogens with zero attached hydrogens (tertiary/aromatic N) is 2. The van der Waals surface area contributed by atoms with Crippen molar-refractivity contribution in [3.63, 3.8) is 0 Å². The molecule has 32 heavy (non-hydrogen) atoms. The number of anilines is 1. The van der Waals surface area contributed by atoms with Crippen molar-refractivity contribution in [2.24, 2.45) is 5.10 Å². The van der Waals surface area contributed by atoms with Gasteiger partial charge in [0.1, 0.15) is 5.75 Å². The van der Waals surface area contributed by atoms with E-state index in [1.54, 1.807) is 19.2 Å². The molecule has 1 heterocycles. The van der Waals surface area contributed by atoms with Crippen LogP contribution in [0.5, 0.6) is 5.75 Å². The number of fused-ring (bicyclic) bond motifs is 1. The fourth-order valence-corrected chi connectivity index (χ4v) is 4.23. The third-order valence-electron chi connectivity index (χ3n) is 5.89. The molecule has 5 rings (SSSR count). The van der Waals surface area contributed by atoms with Gasteiger partial charge in [0.2, 0.25) is 0 Å². The number of carbonyl (C=O) groups is 1. The first kappa shape index (κ1) is 19.8. The fraction of sp³-hybridized carbons (Fsp3) is 0.111. The highest BCUT2D eigenvalue weighted by Gasteiger charge is 2.30. The van der Waals surface area contributed by atoms with Crippen LogP contribution in [0.4, 0.5) is 5.69 Å². The molecule has 5 heteroatoms. The lowest BCUT2D eigenvalue weighted by Gasteiger charge is -2.24. The largest absolute Gasteiger partial charge is 0.497 e. The number of methoxy groups -OCH3 is 1. The van der Waals surface area contributed by atoms with Gasteiger partial charge in [0, 0.05) is 12.0 Å². The molecule has 0 fully saturated rings. The molecule has 1 aliphatic rings. The Morgan fingerprint density at radius 1 is 0.938 bits per heavy atom. The molecular formula is C27H22N2O3. The van der Waals surface area contributed by atoms with E-state index in [1.807, 2.05) is 41.4 Å². The predicted octanol–water partition coefficient (Wildman–Crippen LogP) is 5.90. The molecule has 0 radical (unpaired) electrons. The van der Waals surface area contributed by atoms with Crippen LogP contribution in [0.1, 0.15) is 33.9 Å². The van der Waals surface area contributed by atoms with E-state index in [2.05, 4.69) is 42.5 Å². The Balaban J connectivity index is 1.59. The SMILES string of the molecule is COc1ccc(C2CC(c3cccc4ccccc34)=NN2c2ccc(C(=O)O)cc2)cc1. The van der Waals surface area contributed by atoms with Crippen LogP contribution in [-0.4, -0.2) is 23.9 Å². The Morgan fingerprint density at radius 3 is 2.38 bits per heavy atom. The van der Waals surface area contributed by atoms with Gasteiger partial charge in [-0.15, -0.1) is 0 Å². The molecule has 1 aliphatic heterocycles. The van der Waals surface area contributed by atoms with Gasteiger partial charge in [-0.2, -0.15) is 5.10 Å². The second-order valence-corrected chi connectivity index (χ2v) is 7.76. The van der Waals surface area contributed by atoms with Crippen molar-refractivity contribution < 1.29 is 14.6 Å². The lowest BCUT2D eigenvalue weighted by Crippen LogP contribution is -2.18. The minimum Gasteiger partial charge on any atom is -0.497 e. The summed E-state index contributed by atoms with van der Waals surface area (Å²) in [5, 5.41) is 18.6. The van der Waals surface area contributed by atoms with E-state index in [0.717, 1.165) is 34.7 Å². The number of rotatable bonds is 5. The first-order chi connectivity index (χ1) is 15.6. The Hall–Kier alpha value is -4.12. The van der Waals surface area contributed by atoms with E-state index in [-0.39, 0.29) is 11.6 Å². The summed E-state index contributed by atoms with van der Waals surface area (Å²) in [6, 6.07) is 29.5. The van der Waals surface area contributed by atoms with E-state index in [0.29, 0.717) is 0 Å². The summed E-state index contributed by atoms with van der Waals surface area (Å²) in [5.41, 5.74) is 4.35. The van der Waals surface area contributed by atoms with E-state index < -0.39 is 5.97 Å². The molecule has 1 N–H and O–H groups in total. The molecule has 4 aromatic rings. The second kappa shape index (κ2) is 8.19. The Kier molecular flexibility index (Phi) is 5.07. The molecule has 1 unspecified atom stereocenters. The molecule has 0 aliphatic carbocycles. The Morgan fingerprint density at radius 2 is 1.66 bits per heavy atom. The highest BCUT2D eigenvalue weighted by Crippen LogP contribution is 2.38. The maximum atomic E-state index is 11.3. The van der Waals surface area contributed by atoms with Crippen molar-refractivity contribution in [1.82, 2.24) is 0 Å². The normalized spacial score (nSPS) is 15.6. The summed E-state index contributed by atoms with van der Waals surface area (Å²) in [6.45, 7) is 0. The molecule has 0 bridgehead atoms. The first-order valence-electron chi connectivity index (χ1n) is 10.5. The van der Waals surface area contributed by atoms with E-state index >= 15 is 0 Å². The number of carboxylic acid groups (broad SMARTS) is 1. The summed E-state index contributed by atoms with van der Waals surface area (Å²) < 4.78 is 5.32. The quantitative estimate of drug-likeness (QED) is 0.435. The third kappa shape index (κ3) is 3.58. The van der Waals surface area contributed by atoms with Crippen LogP contribution < -0.4 is 9.75 Å². The average Bonchev–Trinajstić information content (AvgIpc) is 3.29. The van der Waals surface area contributed by atoms with Gasteiger partial charge in [0.25, 0.3) is 0 Å². The van der Waals surface area contributed by atoms with Gasteiger partial charge < -0.3 is 9.84 Å². The van der Waals surface area contributed by atoms with Gasteiger partial charge in [-0.05, 0) is 52.7 Å². The van der Waals surface area contributed by atoms with Crippen LogP contribution in [0.25, 0.3) is 10.8 Å². The summed E-state index contributed by atoms with van der Waals surface area (Å²) in [4.78, 5) is 11.3.